The Morgan fingerprint density at radius 2 is 2.29 bits per heavy atom. The van der Waals surface area contributed by atoms with E-state index in [1.54, 1.807) is 0 Å². The fourth-order valence-electron chi connectivity index (χ4n) is 2.65. The number of aliphatic imine (C=N–C) groups is 1. The summed E-state index contributed by atoms with van der Waals surface area (Å²) in [6.45, 7) is 7.23. The highest BCUT2D eigenvalue weighted by Crippen LogP contribution is 2.11. The lowest BCUT2D eigenvalue weighted by Gasteiger charge is -2.23. The zero-order valence-electron chi connectivity index (χ0n) is 15.0. The third-order valence-electron chi connectivity index (χ3n) is 4.06. The van der Waals surface area contributed by atoms with Gasteiger partial charge in [0.2, 0.25) is 0 Å². The molecule has 1 aromatic rings. The predicted molar refractivity (Wildman–Crippen MR) is 101 cm³/mol. The van der Waals surface area contributed by atoms with Gasteiger partial charge in [0.25, 0.3) is 0 Å². The molecule has 2 rings (SSSR count). The first kappa shape index (κ1) is 19.2. The minimum Gasteiger partial charge on any atom is -0.381 e. The maximum Gasteiger partial charge on any atom is 0.193 e. The second-order valence-electron chi connectivity index (χ2n) is 6.02. The van der Waals surface area contributed by atoms with E-state index in [1.807, 2.05) is 11.3 Å². The quantitative estimate of drug-likeness (QED) is 0.421. The SMILES string of the molecule is CCNC(=NCCCOC1CCOCC1)N(C)CCc1cccs1. The number of thiophene rings is 1. The van der Waals surface area contributed by atoms with Gasteiger partial charge < -0.3 is 19.7 Å². The van der Waals surface area contributed by atoms with Crippen LogP contribution in [0.5, 0.6) is 0 Å². The molecule has 136 valence electrons. The molecule has 0 spiro atoms. The summed E-state index contributed by atoms with van der Waals surface area (Å²) >= 11 is 1.82. The maximum absolute atomic E-state index is 5.90. The Morgan fingerprint density at radius 3 is 3.00 bits per heavy atom. The molecule has 0 saturated carbocycles. The summed E-state index contributed by atoms with van der Waals surface area (Å²) in [5, 5.41) is 5.51. The number of rotatable bonds is 9. The van der Waals surface area contributed by atoms with E-state index in [1.165, 1.54) is 4.88 Å². The average molecular weight is 354 g/mol. The molecule has 1 aromatic heterocycles. The van der Waals surface area contributed by atoms with Crippen LogP contribution in [0.1, 0.15) is 31.1 Å². The molecule has 0 bridgehead atoms. The molecule has 0 atom stereocenters. The Hall–Kier alpha value is -1.11. The average Bonchev–Trinajstić information content (AvgIpc) is 3.13. The van der Waals surface area contributed by atoms with Gasteiger partial charge in [0.05, 0.1) is 6.10 Å². The van der Waals surface area contributed by atoms with Gasteiger partial charge in [-0.2, -0.15) is 0 Å². The van der Waals surface area contributed by atoms with Gasteiger partial charge in [0.15, 0.2) is 5.96 Å². The summed E-state index contributed by atoms with van der Waals surface area (Å²) in [7, 11) is 2.10. The van der Waals surface area contributed by atoms with E-state index in [0.29, 0.717) is 6.10 Å². The molecule has 0 amide bonds. The van der Waals surface area contributed by atoms with Crippen LogP contribution in [0.15, 0.2) is 22.5 Å². The highest BCUT2D eigenvalue weighted by atomic mass is 32.1. The van der Waals surface area contributed by atoms with Gasteiger partial charge in [-0.15, -0.1) is 11.3 Å². The highest BCUT2D eigenvalue weighted by molar-refractivity contribution is 7.09. The van der Waals surface area contributed by atoms with Crippen molar-refractivity contribution in [1.82, 2.24) is 10.2 Å². The third-order valence-corrected chi connectivity index (χ3v) is 4.99. The predicted octanol–water partition coefficient (Wildman–Crippen LogP) is 2.77. The zero-order valence-corrected chi connectivity index (χ0v) is 15.8. The lowest BCUT2D eigenvalue weighted by atomic mass is 10.1. The molecule has 6 heteroatoms. The van der Waals surface area contributed by atoms with Crippen molar-refractivity contribution in [3.63, 3.8) is 0 Å². The molecule has 1 saturated heterocycles. The number of nitrogens with one attached hydrogen (secondary N) is 1. The largest absolute Gasteiger partial charge is 0.381 e. The van der Waals surface area contributed by atoms with Crippen LogP contribution in [-0.2, 0) is 15.9 Å². The minimum absolute atomic E-state index is 0.379. The first-order chi connectivity index (χ1) is 11.8. The van der Waals surface area contributed by atoms with Gasteiger partial charge in [-0.3, -0.25) is 4.99 Å². The normalized spacial score (nSPS) is 16.3. The Bertz CT molecular complexity index is 459. The van der Waals surface area contributed by atoms with E-state index in [4.69, 9.17) is 14.5 Å². The number of guanidine groups is 1. The maximum atomic E-state index is 5.90. The topological polar surface area (TPSA) is 46.1 Å². The molecule has 0 radical (unpaired) electrons. The number of hydrogen-bond acceptors (Lipinski definition) is 4. The van der Waals surface area contributed by atoms with Crippen LogP contribution in [-0.4, -0.2) is 63.5 Å². The summed E-state index contributed by atoms with van der Waals surface area (Å²) in [5.74, 6) is 0.986. The van der Waals surface area contributed by atoms with Gasteiger partial charge in [-0.25, -0.2) is 0 Å². The Labute approximate surface area is 150 Å². The molecule has 1 aliphatic rings. The van der Waals surface area contributed by atoms with Crippen LogP contribution < -0.4 is 5.32 Å². The summed E-state index contributed by atoms with van der Waals surface area (Å²) in [4.78, 5) is 8.36. The molecule has 1 fully saturated rings. The van der Waals surface area contributed by atoms with E-state index in [-0.39, 0.29) is 0 Å². The van der Waals surface area contributed by atoms with E-state index in [0.717, 1.165) is 71.1 Å². The highest BCUT2D eigenvalue weighted by Gasteiger charge is 2.13. The van der Waals surface area contributed by atoms with E-state index >= 15 is 0 Å². The molecule has 0 aliphatic carbocycles. The molecular weight excluding hydrogens is 322 g/mol. The van der Waals surface area contributed by atoms with Crippen molar-refractivity contribution in [1.29, 1.82) is 0 Å². The number of likely N-dealkylation sites (N-methyl/N-ethyl adjacent to an activating group) is 1. The van der Waals surface area contributed by atoms with Crippen molar-refractivity contribution in [3.05, 3.63) is 22.4 Å². The molecule has 24 heavy (non-hydrogen) atoms. The number of ether oxygens (including phenoxy) is 2. The van der Waals surface area contributed by atoms with Crippen LogP contribution >= 0.6 is 11.3 Å². The van der Waals surface area contributed by atoms with Crippen LogP contribution in [0.25, 0.3) is 0 Å². The lowest BCUT2D eigenvalue weighted by molar-refractivity contribution is -0.0318. The molecular formula is C18H31N3O2S. The Kier molecular flexibility index (Phi) is 9.16. The lowest BCUT2D eigenvalue weighted by Crippen LogP contribution is -2.40. The van der Waals surface area contributed by atoms with Gasteiger partial charge in [-0.05, 0) is 44.1 Å². The molecule has 0 aromatic carbocycles. The Morgan fingerprint density at radius 1 is 1.46 bits per heavy atom. The van der Waals surface area contributed by atoms with Crippen LogP contribution in [0.4, 0.5) is 0 Å². The van der Waals surface area contributed by atoms with Crippen molar-refractivity contribution in [3.8, 4) is 0 Å². The number of hydrogen-bond donors (Lipinski definition) is 1. The molecule has 0 unspecified atom stereocenters. The van der Waals surface area contributed by atoms with E-state index in [2.05, 4.69) is 41.7 Å². The van der Waals surface area contributed by atoms with Gasteiger partial charge in [-0.1, -0.05) is 6.07 Å². The van der Waals surface area contributed by atoms with Crippen molar-refractivity contribution in [2.24, 2.45) is 4.99 Å². The standard InChI is InChI=1S/C18H31N3O2S/c1-3-19-18(21(2)11-7-17-6-4-15-24-17)20-10-5-12-23-16-8-13-22-14-9-16/h4,6,15-16H,3,5,7-14H2,1-2H3,(H,19,20). The Balaban J connectivity index is 1.66. The second kappa shape index (κ2) is 11.4. The van der Waals surface area contributed by atoms with Crippen LogP contribution in [0, 0.1) is 0 Å². The van der Waals surface area contributed by atoms with Crippen LogP contribution in [0.3, 0.4) is 0 Å². The molecule has 5 nitrogen and oxygen atoms in total. The first-order valence-corrected chi connectivity index (χ1v) is 9.88. The van der Waals surface area contributed by atoms with Gasteiger partial charge >= 0.3 is 0 Å². The minimum atomic E-state index is 0.379. The zero-order chi connectivity index (χ0) is 17.0. The second-order valence-corrected chi connectivity index (χ2v) is 7.05. The summed E-state index contributed by atoms with van der Waals surface area (Å²) in [6, 6.07) is 4.30. The van der Waals surface area contributed by atoms with Crippen molar-refractivity contribution in [2.75, 3.05) is 46.5 Å². The van der Waals surface area contributed by atoms with Crippen molar-refractivity contribution in [2.45, 2.75) is 38.7 Å². The smallest absolute Gasteiger partial charge is 0.193 e. The summed E-state index contributed by atoms with van der Waals surface area (Å²) < 4.78 is 11.2. The van der Waals surface area contributed by atoms with Crippen molar-refractivity contribution >= 4 is 17.3 Å². The molecule has 1 aliphatic heterocycles. The van der Waals surface area contributed by atoms with Gasteiger partial charge in [0, 0.05) is 51.4 Å². The summed E-state index contributed by atoms with van der Waals surface area (Å²) in [6.07, 6.45) is 4.45. The van der Waals surface area contributed by atoms with Crippen LogP contribution in [0.2, 0.25) is 0 Å². The monoisotopic (exact) mass is 353 g/mol. The molecule has 2 heterocycles. The fraction of sp³-hybridized carbons (Fsp3) is 0.722. The summed E-state index contributed by atoms with van der Waals surface area (Å²) in [5.41, 5.74) is 0. The molecule has 1 N–H and O–H groups in total. The fourth-order valence-corrected chi connectivity index (χ4v) is 3.35. The third kappa shape index (κ3) is 7.20. The number of nitrogens with zero attached hydrogens (tertiary/aromatic N) is 2. The first-order valence-electron chi connectivity index (χ1n) is 9.00. The van der Waals surface area contributed by atoms with Gasteiger partial charge in [0.1, 0.15) is 0 Å². The van der Waals surface area contributed by atoms with Crippen molar-refractivity contribution < 1.29 is 9.47 Å². The van der Waals surface area contributed by atoms with E-state index in [9.17, 15) is 0 Å². The van der Waals surface area contributed by atoms with E-state index < -0.39 is 0 Å².